The zero-order chi connectivity index (χ0) is 14.5. The molecule has 0 aliphatic heterocycles. The summed E-state index contributed by atoms with van der Waals surface area (Å²) in [6, 6.07) is 10.5. The van der Waals surface area contributed by atoms with Crippen molar-refractivity contribution in [3.8, 4) is 6.07 Å². The Kier molecular flexibility index (Phi) is 4.54. The van der Waals surface area contributed by atoms with E-state index in [1.807, 2.05) is 35.9 Å². The second kappa shape index (κ2) is 6.36. The number of nitrogens with two attached hydrogens (primary N) is 1. The van der Waals surface area contributed by atoms with E-state index in [1.165, 1.54) is 12.1 Å². The molecule has 0 saturated heterocycles. The minimum atomic E-state index is -0.288. The van der Waals surface area contributed by atoms with Gasteiger partial charge in [0.15, 0.2) is 0 Å². The van der Waals surface area contributed by atoms with Gasteiger partial charge in [0.05, 0.1) is 18.2 Å². The summed E-state index contributed by atoms with van der Waals surface area (Å²) in [7, 11) is 0. The van der Waals surface area contributed by atoms with Gasteiger partial charge in [-0.1, -0.05) is 6.92 Å². The first kappa shape index (κ1) is 14.3. The fourth-order valence-electron chi connectivity index (χ4n) is 2.15. The Morgan fingerprint density at radius 1 is 1.40 bits per heavy atom. The summed E-state index contributed by atoms with van der Waals surface area (Å²) in [5, 5.41) is 8.89. The summed E-state index contributed by atoms with van der Waals surface area (Å²) in [4.78, 5) is 0. The van der Waals surface area contributed by atoms with Crippen LogP contribution in [-0.4, -0.2) is 10.6 Å². The monoisotopic (exact) mass is 271 g/mol. The van der Waals surface area contributed by atoms with E-state index in [2.05, 4.69) is 0 Å². The lowest BCUT2D eigenvalue weighted by molar-refractivity contribution is 0.582. The molecule has 2 rings (SSSR count). The van der Waals surface area contributed by atoms with E-state index in [1.54, 1.807) is 6.07 Å². The van der Waals surface area contributed by atoms with Gasteiger partial charge < -0.3 is 10.3 Å². The molecule has 0 spiro atoms. The van der Waals surface area contributed by atoms with Crippen LogP contribution in [0.15, 0.2) is 36.5 Å². The lowest BCUT2D eigenvalue weighted by atomic mass is 10.1. The van der Waals surface area contributed by atoms with E-state index in [-0.39, 0.29) is 11.9 Å². The van der Waals surface area contributed by atoms with Gasteiger partial charge in [-0.25, -0.2) is 4.39 Å². The van der Waals surface area contributed by atoms with Gasteiger partial charge in [-0.3, -0.25) is 0 Å². The van der Waals surface area contributed by atoms with Gasteiger partial charge in [0, 0.05) is 29.9 Å². The van der Waals surface area contributed by atoms with Crippen LogP contribution in [-0.2, 0) is 13.0 Å². The molecular weight excluding hydrogens is 253 g/mol. The van der Waals surface area contributed by atoms with Gasteiger partial charge in [-0.05, 0) is 36.8 Å². The van der Waals surface area contributed by atoms with E-state index >= 15 is 0 Å². The molecule has 1 atom stereocenters. The number of halogens is 1. The molecule has 2 N–H and O–H groups in total. The molecular formula is C16H18FN3. The van der Waals surface area contributed by atoms with E-state index in [4.69, 9.17) is 11.0 Å². The van der Waals surface area contributed by atoms with Crippen LogP contribution in [0.5, 0.6) is 0 Å². The predicted octanol–water partition coefficient (Wildman–Crippen LogP) is 2.83. The Labute approximate surface area is 118 Å². The van der Waals surface area contributed by atoms with Crippen LogP contribution in [0, 0.1) is 17.1 Å². The Hall–Kier alpha value is -2.12. The minimum absolute atomic E-state index is 0.110. The largest absolute Gasteiger partial charge is 0.347 e. The Bertz CT molecular complexity index is 625. The molecule has 104 valence electrons. The van der Waals surface area contributed by atoms with Crippen LogP contribution in [0.3, 0.4) is 0 Å². The Morgan fingerprint density at radius 2 is 2.20 bits per heavy atom. The van der Waals surface area contributed by atoms with E-state index in [0.29, 0.717) is 17.7 Å². The molecule has 0 amide bonds. The van der Waals surface area contributed by atoms with Crippen molar-refractivity contribution < 1.29 is 4.39 Å². The van der Waals surface area contributed by atoms with Gasteiger partial charge in [0.1, 0.15) is 5.82 Å². The lowest BCUT2D eigenvalue weighted by Gasteiger charge is -2.13. The molecule has 0 radical (unpaired) electrons. The van der Waals surface area contributed by atoms with Crippen LogP contribution in [0.4, 0.5) is 4.39 Å². The topological polar surface area (TPSA) is 54.7 Å². The molecule has 0 bridgehead atoms. The summed E-state index contributed by atoms with van der Waals surface area (Å²) in [5.41, 5.74) is 8.05. The third-order valence-corrected chi connectivity index (χ3v) is 3.43. The molecule has 4 heteroatoms. The number of nitrogens with zero attached hydrogens (tertiary/aromatic N) is 2. The van der Waals surface area contributed by atoms with Gasteiger partial charge in [0.2, 0.25) is 0 Å². The first-order chi connectivity index (χ1) is 9.63. The second-order valence-electron chi connectivity index (χ2n) is 4.92. The van der Waals surface area contributed by atoms with Gasteiger partial charge in [-0.2, -0.15) is 5.26 Å². The molecule has 1 heterocycles. The van der Waals surface area contributed by atoms with Crippen molar-refractivity contribution >= 4 is 0 Å². The molecule has 0 fully saturated rings. The smallest absolute Gasteiger partial charge is 0.128 e. The molecule has 0 saturated carbocycles. The van der Waals surface area contributed by atoms with Gasteiger partial charge in [0.25, 0.3) is 0 Å². The highest BCUT2D eigenvalue weighted by atomic mass is 19.1. The number of nitriles is 1. The number of benzene rings is 1. The molecule has 2 aromatic rings. The first-order valence-corrected chi connectivity index (χ1v) is 6.72. The summed E-state index contributed by atoms with van der Waals surface area (Å²) < 4.78 is 15.8. The van der Waals surface area contributed by atoms with Crippen LogP contribution in [0.25, 0.3) is 0 Å². The minimum Gasteiger partial charge on any atom is -0.347 e. The zero-order valence-electron chi connectivity index (χ0n) is 11.5. The second-order valence-corrected chi connectivity index (χ2v) is 4.92. The van der Waals surface area contributed by atoms with Crippen LogP contribution < -0.4 is 5.73 Å². The van der Waals surface area contributed by atoms with Crippen molar-refractivity contribution in [3.05, 3.63) is 59.2 Å². The summed E-state index contributed by atoms with van der Waals surface area (Å²) in [6.07, 6.45) is 3.59. The maximum Gasteiger partial charge on any atom is 0.128 e. The normalized spacial score (nSPS) is 12.1. The van der Waals surface area contributed by atoms with Crippen LogP contribution >= 0.6 is 0 Å². The maximum atomic E-state index is 13.8. The molecule has 20 heavy (non-hydrogen) atoms. The van der Waals surface area contributed by atoms with Crippen molar-refractivity contribution in [3.63, 3.8) is 0 Å². The van der Waals surface area contributed by atoms with E-state index in [0.717, 1.165) is 18.5 Å². The Morgan fingerprint density at radius 3 is 2.90 bits per heavy atom. The first-order valence-electron chi connectivity index (χ1n) is 6.72. The third kappa shape index (κ3) is 3.25. The summed E-state index contributed by atoms with van der Waals surface area (Å²) >= 11 is 0. The third-order valence-electron chi connectivity index (χ3n) is 3.43. The molecule has 1 aromatic heterocycles. The fraction of sp³-hybridized carbons (Fsp3) is 0.312. The number of hydrogen-bond donors (Lipinski definition) is 1. The highest BCUT2D eigenvalue weighted by Gasteiger charge is 2.09. The SMILES string of the molecule is CCC(N)Cc1cccn1Cc1cc(C#N)ccc1F. The highest BCUT2D eigenvalue weighted by Crippen LogP contribution is 2.15. The van der Waals surface area contributed by atoms with Crippen molar-refractivity contribution in [2.45, 2.75) is 32.4 Å². The van der Waals surface area contributed by atoms with Gasteiger partial charge >= 0.3 is 0 Å². The molecule has 0 aliphatic rings. The number of rotatable bonds is 5. The van der Waals surface area contributed by atoms with E-state index < -0.39 is 0 Å². The average Bonchev–Trinajstić information content (AvgIpc) is 2.88. The summed E-state index contributed by atoms with van der Waals surface area (Å²) in [5.74, 6) is -0.288. The number of aromatic nitrogens is 1. The average molecular weight is 271 g/mol. The zero-order valence-corrected chi connectivity index (χ0v) is 11.5. The predicted molar refractivity (Wildman–Crippen MR) is 76.6 cm³/mol. The number of hydrogen-bond acceptors (Lipinski definition) is 2. The summed E-state index contributed by atoms with van der Waals surface area (Å²) in [6.45, 7) is 2.47. The molecule has 1 unspecified atom stereocenters. The molecule has 1 aromatic carbocycles. The standard InChI is InChI=1S/C16H18FN3/c1-2-14(19)9-15-4-3-7-20(15)11-13-8-12(10-18)5-6-16(13)17/h3-8,14H,2,9,11,19H2,1H3. The highest BCUT2D eigenvalue weighted by molar-refractivity contribution is 5.34. The lowest BCUT2D eigenvalue weighted by Crippen LogP contribution is -2.23. The molecule has 3 nitrogen and oxygen atoms in total. The molecule has 0 aliphatic carbocycles. The van der Waals surface area contributed by atoms with Crippen LogP contribution in [0.2, 0.25) is 0 Å². The van der Waals surface area contributed by atoms with E-state index in [9.17, 15) is 4.39 Å². The van der Waals surface area contributed by atoms with Crippen molar-refractivity contribution in [2.24, 2.45) is 5.73 Å². The fourth-order valence-corrected chi connectivity index (χ4v) is 2.15. The van der Waals surface area contributed by atoms with Crippen molar-refractivity contribution in [1.29, 1.82) is 5.26 Å². The Balaban J connectivity index is 2.23. The van der Waals surface area contributed by atoms with Gasteiger partial charge in [-0.15, -0.1) is 0 Å². The van der Waals surface area contributed by atoms with Crippen LogP contribution in [0.1, 0.15) is 30.2 Å². The van der Waals surface area contributed by atoms with Crippen molar-refractivity contribution in [1.82, 2.24) is 4.57 Å². The quantitative estimate of drug-likeness (QED) is 0.909. The maximum absolute atomic E-state index is 13.8. The van der Waals surface area contributed by atoms with Crippen molar-refractivity contribution in [2.75, 3.05) is 0 Å².